The third kappa shape index (κ3) is 4.37. The molecule has 0 atom stereocenters. The van der Waals surface area contributed by atoms with Crippen LogP contribution in [-0.4, -0.2) is 41.9 Å². The lowest BCUT2D eigenvalue weighted by Gasteiger charge is -2.22. The van der Waals surface area contributed by atoms with Crippen LogP contribution in [0.25, 0.3) is 0 Å². The molecule has 3 rings (SSSR count). The van der Waals surface area contributed by atoms with Gasteiger partial charge < -0.3 is 4.90 Å². The lowest BCUT2D eigenvalue weighted by atomic mass is 10.1. The van der Waals surface area contributed by atoms with Gasteiger partial charge in [-0.2, -0.15) is 0 Å². The van der Waals surface area contributed by atoms with Gasteiger partial charge in [-0.05, 0) is 37.1 Å². The van der Waals surface area contributed by atoms with Crippen LogP contribution in [0.15, 0.2) is 48.5 Å². The predicted molar refractivity (Wildman–Crippen MR) is 98.4 cm³/mol. The molecular weight excluding hydrogens is 320 g/mol. The Bertz CT molecular complexity index is 699. The van der Waals surface area contributed by atoms with E-state index in [9.17, 15) is 4.79 Å². The van der Waals surface area contributed by atoms with E-state index in [1.54, 1.807) is 12.1 Å². The SMILES string of the molecule is Cc1ccc(CN2CCCN(C(=O)c3cccc(Cl)c3)CC2)cc1. The number of hydrogen-bond donors (Lipinski definition) is 0. The Hall–Kier alpha value is -1.84. The second-order valence-electron chi connectivity index (χ2n) is 6.42. The number of aryl methyl sites for hydroxylation is 1. The number of rotatable bonds is 3. The van der Waals surface area contributed by atoms with Gasteiger partial charge >= 0.3 is 0 Å². The van der Waals surface area contributed by atoms with E-state index in [4.69, 9.17) is 11.6 Å². The minimum Gasteiger partial charge on any atom is -0.337 e. The summed E-state index contributed by atoms with van der Waals surface area (Å²) in [5.41, 5.74) is 3.29. The van der Waals surface area contributed by atoms with Crippen molar-refractivity contribution in [3.05, 3.63) is 70.2 Å². The van der Waals surface area contributed by atoms with Crippen molar-refractivity contribution in [3.63, 3.8) is 0 Å². The molecule has 0 N–H and O–H groups in total. The topological polar surface area (TPSA) is 23.6 Å². The van der Waals surface area contributed by atoms with Crippen LogP contribution in [0.3, 0.4) is 0 Å². The van der Waals surface area contributed by atoms with E-state index in [1.165, 1.54) is 11.1 Å². The van der Waals surface area contributed by atoms with Gasteiger partial charge in [0.1, 0.15) is 0 Å². The molecule has 1 aliphatic heterocycles. The maximum atomic E-state index is 12.7. The summed E-state index contributed by atoms with van der Waals surface area (Å²) >= 11 is 6.01. The molecule has 1 aliphatic rings. The number of benzene rings is 2. The molecule has 0 radical (unpaired) electrons. The first-order valence-corrected chi connectivity index (χ1v) is 8.82. The third-order valence-electron chi connectivity index (χ3n) is 4.47. The zero-order valence-corrected chi connectivity index (χ0v) is 14.8. The molecular formula is C20H23ClN2O. The third-order valence-corrected chi connectivity index (χ3v) is 4.71. The van der Waals surface area contributed by atoms with Crippen LogP contribution in [0.5, 0.6) is 0 Å². The van der Waals surface area contributed by atoms with Crippen molar-refractivity contribution in [2.45, 2.75) is 19.9 Å². The van der Waals surface area contributed by atoms with Crippen LogP contribution in [0.4, 0.5) is 0 Å². The highest BCUT2D eigenvalue weighted by Crippen LogP contribution is 2.15. The zero-order chi connectivity index (χ0) is 16.9. The van der Waals surface area contributed by atoms with E-state index in [0.29, 0.717) is 10.6 Å². The van der Waals surface area contributed by atoms with Gasteiger partial charge in [0.15, 0.2) is 0 Å². The monoisotopic (exact) mass is 342 g/mol. The molecule has 4 heteroatoms. The summed E-state index contributed by atoms with van der Waals surface area (Å²) in [5.74, 6) is 0.0784. The molecule has 24 heavy (non-hydrogen) atoms. The van der Waals surface area contributed by atoms with E-state index >= 15 is 0 Å². The molecule has 1 fully saturated rings. The van der Waals surface area contributed by atoms with Crippen molar-refractivity contribution in [1.82, 2.24) is 9.80 Å². The Morgan fingerprint density at radius 1 is 1.04 bits per heavy atom. The van der Waals surface area contributed by atoms with Crippen LogP contribution in [0.2, 0.25) is 5.02 Å². The highest BCUT2D eigenvalue weighted by Gasteiger charge is 2.20. The van der Waals surface area contributed by atoms with Gasteiger partial charge in [0.25, 0.3) is 5.91 Å². The highest BCUT2D eigenvalue weighted by atomic mass is 35.5. The number of amides is 1. The van der Waals surface area contributed by atoms with Crippen LogP contribution in [0.1, 0.15) is 27.9 Å². The van der Waals surface area contributed by atoms with Crippen LogP contribution in [0, 0.1) is 6.92 Å². The van der Waals surface area contributed by atoms with Crippen LogP contribution < -0.4 is 0 Å². The van der Waals surface area contributed by atoms with Crippen molar-refractivity contribution in [3.8, 4) is 0 Å². The smallest absolute Gasteiger partial charge is 0.253 e. The van der Waals surface area contributed by atoms with Crippen molar-refractivity contribution in [2.75, 3.05) is 26.2 Å². The Morgan fingerprint density at radius 3 is 2.58 bits per heavy atom. The number of carbonyl (C=O) groups is 1. The molecule has 3 nitrogen and oxygen atoms in total. The lowest BCUT2D eigenvalue weighted by Crippen LogP contribution is -2.35. The summed E-state index contributed by atoms with van der Waals surface area (Å²) in [5, 5.41) is 0.608. The molecule has 0 saturated carbocycles. The van der Waals surface area contributed by atoms with Crippen molar-refractivity contribution in [1.29, 1.82) is 0 Å². The van der Waals surface area contributed by atoms with Gasteiger partial charge in [0.2, 0.25) is 0 Å². The fourth-order valence-electron chi connectivity index (χ4n) is 3.09. The Kier molecular flexibility index (Phi) is 5.54. The molecule has 1 heterocycles. The summed E-state index contributed by atoms with van der Waals surface area (Å²) in [6.45, 7) is 6.54. The van der Waals surface area contributed by atoms with E-state index in [-0.39, 0.29) is 5.91 Å². The summed E-state index contributed by atoms with van der Waals surface area (Å²) in [4.78, 5) is 17.0. The predicted octanol–water partition coefficient (Wildman–Crippen LogP) is 4.00. The molecule has 0 unspecified atom stereocenters. The Morgan fingerprint density at radius 2 is 1.83 bits per heavy atom. The number of carbonyl (C=O) groups excluding carboxylic acids is 1. The van der Waals surface area contributed by atoms with Gasteiger partial charge in [-0.15, -0.1) is 0 Å². The summed E-state index contributed by atoms with van der Waals surface area (Å²) in [6.07, 6.45) is 0.998. The first-order chi connectivity index (χ1) is 11.6. The summed E-state index contributed by atoms with van der Waals surface area (Å²) in [6, 6.07) is 15.9. The fourth-order valence-corrected chi connectivity index (χ4v) is 3.28. The largest absolute Gasteiger partial charge is 0.337 e. The van der Waals surface area contributed by atoms with Gasteiger partial charge in [-0.1, -0.05) is 47.5 Å². The molecule has 2 aromatic carbocycles. The lowest BCUT2D eigenvalue weighted by molar-refractivity contribution is 0.0761. The van der Waals surface area contributed by atoms with Crippen LogP contribution in [-0.2, 0) is 6.54 Å². The fraction of sp³-hybridized carbons (Fsp3) is 0.350. The number of hydrogen-bond acceptors (Lipinski definition) is 2. The molecule has 126 valence electrons. The maximum absolute atomic E-state index is 12.7. The van der Waals surface area contributed by atoms with Gasteiger partial charge in [0, 0.05) is 43.3 Å². The van der Waals surface area contributed by atoms with Gasteiger partial charge in [-0.25, -0.2) is 0 Å². The normalized spacial score (nSPS) is 16.0. The zero-order valence-electron chi connectivity index (χ0n) is 14.0. The van der Waals surface area contributed by atoms with Crippen molar-refractivity contribution in [2.24, 2.45) is 0 Å². The molecule has 0 spiro atoms. The van der Waals surface area contributed by atoms with Crippen molar-refractivity contribution < 1.29 is 4.79 Å². The molecule has 0 aliphatic carbocycles. The molecule has 0 aromatic heterocycles. The summed E-state index contributed by atoms with van der Waals surface area (Å²) in [7, 11) is 0. The maximum Gasteiger partial charge on any atom is 0.253 e. The van der Waals surface area contributed by atoms with E-state index in [1.807, 2.05) is 17.0 Å². The number of nitrogens with zero attached hydrogens (tertiary/aromatic N) is 2. The summed E-state index contributed by atoms with van der Waals surface area (Å²) < 4.78 is 0. The first-order valence-electron chi connectivity index (χ1n) is 8.44. The molecule has 1 amide bonds. The first kappa shape index (κ1) is 17.0. The molecule has 0 bridgehead atoms. The minimum absolute atomic E-state index is 0.0784. The molecule has 1 saturated heterocycles. The van der Waals surface area contributed by atoms with E-state index in [0.717, 1.165) is 39.1 Å². The average molecular weight is 343 g/mol. The number of halogens is 1. The quantitative estimate of drug-likeness (QED) is 0.841. The van der Waals surface area contributed by atoms with E-state index < -0.39 is 0 Å². The molecule has 2 aromatic rings. The van der Waals surface area contributed by atoms with Crippen molar-refractivity contribution >= 4 is 17.5 Å². The minimum atomic E-state index is 0.0784. The average Bonchev–Trinajstić information content (AvgIpc) is 2.82. The van der Waals surface area contributed by atoms with Gasteiger partial charge in [0.05, 0.1) is 0 Å². The standard InChI is InChI=1S/C20H23ClN2O/c1-16-6-8-17(9-7-16)15-22-10-3-11-23(13-12-22)20(24)18-4-2-5-19(21)14-18/h2,4-9,14H,3,10-13,15H2,1H3. The highest BCUT2D eigenvalue weighted by molar-refractivity contribution is 6.30. The van der Waals surface area contributed by atoms with Gasteiger partial charge in [-0.3, -0.25) is 9.69 Å². The second kappa shape index (κ2) is 7.82. The Balaban J connectivity index is 1.60. The van der Waals surface area contributed by atoms with Crippen LogP contribution >= 0.6 is 11.6 Å². The van der Waals surface area contributed by atoms with E-state index in [2.05, 4.69) is 36.1 Å². The Labute approximate surface area is 148 Å². The second-order valence-corrected chi connectivity index (χ2v) is 6.85.